The van der Waals surface area contributed by atoms with Crippen molar-refractivity contribution in [3.8, 4) is 0 Å². The van der Waals surface area contributed by atoms with Gasteiger partial charge in [0.05, 0.1) is 6.54 Å². The van der Waals surface area contributed by atoms with Gasteiger partial charge in [0.1, 0.15) is 5.82 Å². The van der Waals surface area contributed by atoms with Gasteiger partial charge >= 0.3 is 0 Å². The van der Waals surface area contributed by atoms with E-state index in [1.807, 2.05) is 12.1 Å². The molecule has 0 saturated carbocycles. The van der Waals surface area contributed by atoms with E-state index in [0.717, 1.165) is 44.1 Å². The van der Waals surface area contributed by atoms with Crippen molar-refractivity contribution in [2.45, 2.75) is 26.4 Å². The number of aryl methyl sites for hydroxylation is 1. The number of halogens is 1. The zero-order valence-electron chi connectivity index (χ0n) is 13.0. The minimum absolute atomic E-state index is 0.184. The van der Waals surface area contributed by atoms with E-state index < -0.39 is 0 Å². The van der Waals surface area contributed by atoms with E-state index in [2.05, 4.69) is 26.9 Å². The van der Waals surface area contributed by atoms with Crippen LogP contribution in [0.3, 0.4) is 0 Å². The topological polar surface area (TPSA) is 45.4 Å². The SMILES string of the molecule is Cc1nc(CN2CCN([C@@H](C)c3ccc(F)cc3)CC2)no1. The standard InChI is InChI=1S/C16H21FN4O/c1-12(14-3-5-15(17)6-4-14)21-9-7-20(8-10-21)11-16-18-13(2)22-19-16/h3-6,12H,7-11H2,1-2H3/t12-/m0/s1. The Labute approximate surface area is 129 Å². The molecule has 22 heavy (non-hydrogen) atoms. The maximum absolute atomic E-state index is 13.0. The second-order valence-electron chi connectivity index (χ2n) is 5.77. The summed E-state index contributed by atoms with van der Waals surface area (Å²) in [7, 11) is 0. The molecular weight excluding hydrogens is 283 g/mol. The van der Waals surface area contributed by atoms with E-state index in [9.17, 15) is 4.39 Å². The molecule has 6 heteroatoms. The van der Waals surface area contributed by atoms with Crippen LogP contribution in [0.15, 0.2) is 28.8 Å². The van der Waals surface area contributed by atoms with Crippen LogP contribution in [0.25, 0.3) is 0 Å². The molecule has 1 aromatic carbocycles. The molecule has 118 valence electrons. The van der Waals surface area contributed by atoms with Crippen LogP contribution in [0, 0.1) is 12.7 Å². The van der Waals surface area contributed by atoms with E-state index >= 15 is 0 Å². The molecule has 0 aliphatic carbocycles. The van der Waals surface area contributed by atoms with Crippen molar-refractivity contribution in [1.29, 1.82) is 0 Å². The molecular formula is C16H21FN4O. The number of nitrogens with zero attached hydrogens (tertiary/aromatic N) is 4. The number of rotatable bonds is 4. The molecule has 1 aromatic heterocycles. The van der Waals surface area contributed by atoms with Gasteiger partial charge in [0.25, 0.3) is 0 Å². The monoisotopic (exact) mass is 304 g/mol. The van der Waals surface area contributed by atoms with Gasteiger partial charge in [-0.25, -0.2) is 4.39 Å². The fraction of sp³-hybridized carbons (Fsp3) is 0.500. The highest BCUT2D eigenvalue weighted by Gasteiger charge is 2.23. The highest BCUT2D eigenvalue weighted by atomic mass is 19.1. The molecule has 0 N–H and O–H groups in total. The molecule has 0 spiro atoms. The largest absolute Gasteiger partial charge is 0.340 e. The van der Waals surface area contributed by atoms with Crippen molar-refractivity contribution < 1.29 is 8.91 Å². The number of piperazine rings is 1. The van der Waals surface area contributed by atoms with Crippen molar-refractivity contribution in [2.75, 3.05) is 26.2 Å². The van der Waals surface area contributed by atoms with Crippen LogP contribution < -0.4 is 0 Å². The van der Waals surface area contributed by atoms with Crippen molar-refractivity contribution in [2.24, 2.45) is 0 Å². The number of benzene rings is 1. The summed E-state index contributed by atoms with van der Waals surface area (Å²) in [6.45, 7) is 8.61. The minimum atomic E-state index is -0.184. The Hall–Kier alpha value is -1.79. The van der Waals surface area contributed by atoms with Crippen LogP contribution in [0.5, 0.6) is 0 Å². The average molecular weight is 304 g/mol. The van der Waals surface area contributed by atoms with Crippen LogP contribution in [-0.4, -0.2) is 46.1 Å². The third-order valence-electron chi connectivity index (χ3n) is 4.24. The third kappa shape index (κ3) is 3.51. The first-order valence-electron chi connectivity index (χ1n) is 7.63. The molecule has 1 aliphatic heterocycles. The zero-order chi connectivity index (χ0) is 15.5. The summed E-state index contributed by atoms with van der Waals surface area (Å²) >= 11 is 0. The lowest BCUT2D eigenvalue weighted by molar-refractivity contribution is 0.0956. The fourth-order valence-electron chi connectivity index (χ4n) is 2.87. The molecule has 0 amide bonds. The lowest BCUT2D eigenvalue weighted by Gasteiger charge is -2.37. The lowest BCUT2D eigenvalue weighted by Crippen LogP contribution is -2.46. The summed E-state index contributed by atoms with van der Waals surface area (Å²) in [6, 6.07) is 7.10. The van der Waals surface area contributed by atoms with Crippen LogP contribution in [0.1, 0.15) is 30.2 Å². The van der Waals surface area contributed by atoms with Crippen molar-refractivity contribution in [3.05, 3.63) is 47.4 Å². The Bertz CT molecular complexity index is 605. The summed E-state index contributed by atoms with van der Waals surface area (Å²) in [5.74, 6) is 1.17. The van der Waals surface area contributed by atoms with Crippen molar-refractivity contribution in [3.63, 3.8) is 0 Å². The second-order valence-corrected chi connectivity index (χ2v) is 5.77. The average Bonchev–Trinajstić information content (AvgIpc) is 2.93. The Morgan fingerprint density at radius 2 is 1.86 bits per heavy atom. The van der Waals surface area contributed by atoms with E-state index in [4.69, 9.17) is 4.52 Å². The fourth-order valence-corrected chi connectivity index (χ4v) is 2.87. The molecule has 2 heterocycles. The number of hydrogen-bond donors (Lipinski definition) is 0. The first-order chi connectivity index (χ1) is 10.6. The molecule has 0 unspecified atom stereocenters. The molecule has 1 saturated heterocycles. The van der Waals surface area contributed by atoms with E-state index in [0.29, 0.717) is 11.9 Å². The smallest absolute Gasteiger partial charge is 0.223 e. The molecule has 2 aromatic rings. The number of hydrogen-bond acceptors (Lipinski definition) is 5. The Balaban J connectivity index is 1.53. The van der Waals surface area contributed by atoms with Gasteiger partial charge in [-0.1, -0.05) is 17.3 Å². The Morgan fingerprint density at radius 1 is 1.18 bits per heavy atom. The van der Waals surface area contributed by atoms with Gasteiger partial charge in [0.15, 0.2) is 5.82 Å². The van der Waals surface area contributed by atoms with Gasteiger partial charge < -0.3 is 4.52 Å². The lowest BCUT2D eigenvalue weighted by atomic mass is 10.1. The summed E-state index contributed by atoms with van der Waals surface area (Å²) in [4.78, 5) is 9.00. The number of aromatic nitrogens is 2. The van der Waals surface area contributed by atoms with Crippen molar-refractivity contribution >= 4 is 0 Å². The predicted octanol–water partition coefficient (Wildman–Crippen LogP) is 2.40. The Kier molecular flexibility index (Phi) is 4.49. The van der Waals surface area contributed by atoms with Gasteiger partial charge in [-0.05, 0) is 24.6 Å². The van der Waals surface area contributed by atoms with Crippen LogP contribution in [-0.2, 0) is 6.54 Å². The Morgan fingerprint density at radius 3 is 2.45 bits per heavy atom. The quantitative estimate of drug-likeness (QED) is 0.868. The highest BCUT2D eigenvalue weighted by Crippen LogP contribution is 2.22. The highest BCUT2D eigenvalue weighted by molar-refractivity contribution is 5.19. The van der Waals surface area contributed by atoms with Crippen LogP contribution >= 0.6 is 0 Å². The summed E-state index contributed by atoms with van der Waals surface area (Å²) in [5.41, 5.74) is 1.16. The third-order valence-corrected chi connectivity index (χ3v) is 4.24. The van der Waals surface area contributed by atoms with Crippen molar-refractivity contribution in [1.82, 2.24) is 19.9 Å². The molecule has 0 radical (unpaired) electrons. The van der Waals surface area contributed by atoms with Gasteiger partial charge in [0.2, 0.25) is 5.89 Å². The molecule has 0 bridgehead atoms. The van der Waals surface area contributed by atoms with Gasteiger partial charge in [-0.15, -0.1) is 0 Å². The normalized spacial score (nSPS) is 18.5. The van der Waals surface area contributed by atoms with Crippen LogP contribution in [0.4, 0.5) is 4.39 Å². The molecule has 1 aliphatic rings. The van der Waals surface area contributed by atoms with Gasteiger partial charge in [-0.3, -0.25) is 9.80 Å². The van der Waals surface area contributed by atoms with Gasteiger partial charge in [0, 0.05) is 39.1 Å². The summed E-state index contributed by atoms with van der Waals surface area (Å²) in [5, 5.41) is 3.94. The van der Waals surface area contributed by atoms with E-state index in [1.54, 1.807) is 6.92 Å². The maximum Gasteiger partial charge on any atom is 0.223 e. The summed E-state index contributed by atoms with van der Waals surface area (Å²) in [6.07, 6.45) is 0. The maximum atomic E-state index is 13.0. The minimum Gasteiger partial charge on any atom is -0.340 e. The molecule has 5 nitrogen and oxygen atoms in total. The van der Waals surface area contributed by atoms with E-state index in [-0.39, 0.29) is 5.82 Å². The molecule has 1 atom stereocenters. The zero-order valence-corrected chi connectivity index (χ0v) is 13.0. The van der Waals surface area contributed by atoms with E-state index in [1.165, 1.54) is 12.1 Å². The summed E-state index contributed by atoms with van der Waals surface area (Å²) < 4.78 is 18.0. The first-order valence-corrected chi connectivity index (χ1v) is 7.63. The second kappa shape index (κ2) is 6.54. The van der Waals surface area contributed by atoms with Crippen LogP contribution in [0.2, 0.25) is 0 Å². The first kappa shape index (κ1) is 15.1. The molecule has 3 rings (SSSR count). The molecule has 1 fully saturated rings. The van der Waals surface area contributed by atoms with Gasteiger partial charge in [-0.2, -0.15) is 4.98 Å². The predicted molar refractivity (Wildman–Crippen MR) is 80.7 cm³/mol.